The molecule has 2 rings (SSSR count). The van der Waals surface area contributed by atoms with Crippen LogP contribution in [0.1, 0.15) is 18.4 Å². The molecule has 0 spiro atoms. The molecule has 0 saturated carbocycles. The van der Waals surface area contributed by atoms with Crippen LogP contribution < -0.4 is 5.32 Å². The number of carbonyl (C=O) groups excluding carboxylic acids is 1. The van der Waals surface area contributed by atoms with Crippen molar-refractivity contribution < 1.29 is 9.21 Å². The summed E-state index contributed by atoms with van der Waals surface area (Å²) in [5, 5.41) is 3.55. The maximum Gasteiger partial charge on any atom is 0.241 e. The van der Waals surface area contributed by atoms with Crippen LogP contribution in [-0.4, -0.2) is 23.9 Å². The van der Waals surface area contributed by atoms with Crippen molar-refractivity contribution in [3.63, 3.8) is 0 Å². The molecule has 1 atom stereocenters. The van der Waals surface area contributed by atoms with Gasteiger partial charge >= 0.3 is 0 Å². The van der Waals surface area contributed by atoms with Crippen LogP contribution in [0.3, 0.4) is 0 Å². The van der Waals surface area contributed by atoms with Crippen molar-refractivity contribution in [3.8, 4) is 0 Å². The summed E-state index contributed by atoms with van der Waals surface area (Å²) in [6.07, 6.45) is 0. The van der Waals surface area contributed by atoms with Crippen LogP contribution in [-0.2, 0) is 11.3 Å². The molecule has 118 valence electrons. The van der Waals surface area contributed by atoms with Gasteiger partial charge in [0.15, 0.2) is 0 Å². The third-order valence-corrected chi connectivity index (χ3v) is 4.27. The van der Waals surface area contributed by atoms with Crippen LogP contribution in [0, 0.1) is 6.92 Å². The quantitative estimate of drug-likeness (QED) is 0.879. The Morgan fingerprint density at radius 1 is 1.32 bits per heavy atom. The first-order valence-electron chi connectivity index (χ1n) is 6.89. The zero-order valence-electron chi connectivity index (χ0n) is 12.7. The molecule has 4 nitrogen and oxygen atoms in total. The first-order valence-corrected chi connectivity index (χ1v) is 7.64. The van der Waals surface area contributed by atoms with E-state index >= 15 is 0 Å². The van der Waals surface area contributed by atoms with Crippen LogP contribution >= 0.6 is 23.2 Å². The van der Waals surface area contributed by atoms with E-state index in [2.05, 4.69) is 5.32 Å². The molecule has 0 aliphatic rings. The zero-order valence-corrected chi connectivity index (χ0v) is 14.2. The highest BCUT2D eigenvalue weighted by Gasteiger charge is 2.20. The third kappa shape index (κ3) is 4.03. The van der Waals surface area contributed by atoms with Gasteiger partial charge in [-0.1, -0.05) is 29.3 Å². The number of aryl methyl sites for hydroxylation is 1. The summed E-state index contributed by atoms with van der Waals surface area (Å²) in [5.74, 6) is 1.52. The number of hydrogen-bond donors (Lipinski definition) is 1. The summed E-state index contributed by atoms with van der Waals surface area (Å²) in [5.41, 5.74) is 0.508. The molecular weight excluding hydrogens is 323 g/mol. The van der Waals surface area contributed by atoms with Crippen molar-refractivity contribution in [2.24, 2.45) is 0 Å². The Kier molecular flexibility index (Phi) is 5.51. The van der Waals surface area contributed by atoms with Crippen molar-refractivity contribution in [3.05, 3.63) is 51.9 Å². The molecule has 1 N–H and O–H groups in total. The van der Waals surface area contributed by atoms with Gasteiger partial charge in [-0.2, -0.15) is 0 Å². The lowest BCUT2D eigenvalue weighted by Crippen LogP contribution is -2.39. The number of benzene rings is 1. The summed E-state index contributed by atoms with van der Waals surface area (Å²) in [4.78, 5) is 14.2. The van der Waals surface area contributed by atoms with Gasteiger partial charge in [-0.05, 0) is 45.2 Å². The lowest BCUT2D eigenvalue weighted by Gasteiger charge is -2.23. The number of hydrogen-bond acceptors (Lipinski definition) is 3. The molecular formula is C16H18Cl2N2O2. The number of furan rings is 1. The highest BCUT2D eigenvalue weighted by atomic mass is 35.5. The Balaban J connectivity index is 2.00. The first kappa shape index (κ1) is 16.9. The van der Waals surface area contributed by atoms with Gasteiger partial charge < -0.3 is 9.73 Å². The second kappa shape index (κ2) is 7.18. The van der Waals surface area contributed by atoms with Gasteiger partial charge in [0.25, 0.3) is 0 Å². The van der Waals surface area contributed by atoms with Gasteiger partial charge in [0.2, 0.25) is 5.91 Å². The second-order valence-electron chi connectivity index (χ2n) is 5.19. The minimum absolute atomic E-state index is 0.157. The van der Waals surface area contributed by atoms with E-state index in [0.717, 1.165) is 11.5 Å². The van der Waals surface area contributed by atoms with Crippen LogP contribution in [0.25, 0.3) is 0 Å². The molecule has 0 fully saturated rings. The number of likely N-dealkylation sites (N-methyl/N-ethyl adjacent to an activating group) is 1. The van der Waals surface area contributed by atoms with Crippen molar-refractivity contribution in [1.29, 1.82) is 0 Å². The highest BCUT2D eigenvalue weighted by molar-refractivity contribution is 6.44. The van der Waals surface area contributed by atoms with Crippen molar-refractivity contribution in [2.45, 2.75) is 26.4 Å². The molecule has 1 unspecified atom stereocenters. The number of anilines is 1. The summed E-state index contributed by atoms with van der Waals surface area (Å²) in [6, 6.07) is 8.59. The van der Waals surface area contributed by atoms with Crippen LogP contribution in [0.15, 0.2) is 34.7 Å². The SMILES string of the molecule is Cc1ccc(CN(C)C(C)C(=O)Nc2cccc(Cl)c2Cl)o1. The van der Waals surface area contributed by atoms with E-state index in [4.69, 9.17) is 27.6 Å². The minimum Gasteiger partial charge on any atom is -0.465 e. The lowest BCUT2D eigenvalue weighted by molar-refractivity contribution is -0.120. The van der Waals surface area contributed by atoms with E-state index in [1.54, 1.807) is 18.2 Å². The van der Waals surface area contributed by atoms with Crippen molar-refractivity contribution >= 4 is 34.8 Å². The van der Waals surface area contributed by atoms with Gasteiger partial charge in [0, 0.05) is 0 Å². The van der Waals surface area contributed by atoms with Gasteiger partial charge in [-0.3, -0.25) is 9.69 Å². The lowest BCUT2D eigenvalue weighted by atomic mass is 10.2. The molecule has 1 aromatic heterocycles. The number of halogens is 2. The summed E-state index contributed by atoms with van der Waals surface area (Å²) >= 11 is 12.0. The van der Waals surface area contributed by atoms with Gasteiger partial charge in [0.05, 0.1) is 28.3 Å². The van der Waals surface area contributed by atoms with E-state index in [0.29, 0.717) is 22.3 Å². The van der Waals surface area contributed by atoms with Crippen LogP contribution in [0.4, 0.5) is 5.69 Å². The molecule has 0 aliphatic heterocycles. The average molecular weight is 341 g/mol. The molecule has 0 radical (unpaired) electrons. The van der Waals surface area contributed by atoms with E-state index in [-0.39, 0.29) is 11.9 Å². The summed E-state index contributed by atoms with van der Waals surface area (Å²) in [6.45, 7) is 4.26. The fourth-order valence-electron chi connectivity index (χ4n) is 1.99. The molecule has 0 aliphatic carbocycles. The van der Waals surface area contributed by atoms with E-state index in [1.807, 2.05) is 37.9 Å². The Hall–Kier alpha value is -1.49. The molecule has 1 amide bonds. The maximum atomic E-state index is 12.3. The van der Waals surface area contributed by atoms with Gasteiger partial charge in [-0.25, -0.2) is 0 Å². The van der Waals surface area contributed by atoms with Crippen LogP contribution in [0.5, 0.6) is 0 Å². The van der Waals surface area contributed by atoms with Gasteiger partial charge in [0.1, 0.15) is 11.5 Å². The topological polar surface area (TPSA) is 45.5 Å². The Labute approximate surface area is 140 Å². The summed E-state index contributed by atoms with van der Waals surface area (Å²) in [7, 11) is 1.86. The van der Waals surface area contributed by atoms with E-state index < -0.39 is 0 Å². The van der Waals surface area contributed by atoms with E-state index in [9.17, 15) is 4.79 Å². The number of amides is 1. The Morgan fingerprint density at radius 3 is 2.68 bits per heavy atom. The minimum atomic E-state index is -0.347. The molecule has 1 heterocycles. The summed E-state index contributed by atoms with van der Waals surface area (Å²) < 4.78 is 5.53. The Morgan fingerprint density at radius 2 is 2.05 bits per heavy atom. The Bertz CT molecular complexity index is 670. The van der Waals surface area contributed by atoms with E-state index in [1.165, 1.54) is 0 Å². The standard InChI is InChI=1S/C16H18Cl2N2O2/c1-10-7-8-12(22-10)9-20(3)11(2)16(21)19-14-6-4-5-13(17)15(14)18/h4-8,11H,9H2,1-3H3,(H,19,21). The predicted molar refractivity (Wildman–Crippen MR) is 89.5 cm³/mol. The molecule has 2 aromatic rings. The number of nitrogens with zero attached hydrogens (tertiary/aromatic N) is 1. The fourth-order valence-corrected chi connectivity index (χ4v) is 2.34. The first-order chi connectivity index (χ1) is 10.4. The van der Waals surface area contributed by atoms with Crippen LogP contribution in [0.2, 0.25) is 10.0 Å². The third-order valence-electron chi connectivity index (χ3n) is 3.45. The number of rotatable bonds is 5. The normalized spacial score (nSPS) is 12.5. The fraction of sp³-hybridized carbons (Fsp3) is 0.312. The highest BCUT2D eigenvalue weighted by Crippen LogP contribution is 2.29. The molecule has 6 heteroatoms. The smallest absolute Gasteiger partial charge is 0.241 e. The second-order valence-corrected chi connectivity index (χ2v) is 5.98. The van der Waals surface area contributed by atoms with Gasteiger partial charge in [-0.15, -0.1) is 0 Å². The monoisotopic (exact) mass is 340 g/mol. The molecule has 22 heavy (non-hydrogen) atoms. The maximum absolute atomic E-state index is 12.3. The number of nitrogens with one attached hydrogen (secondary N) is 1. The largest absolute Gasteiger partial charge is 0.465 e. The predicted octanol–water partition coefficient (Wildman–Crippen LogP) is 4.35. The average Bonchev–Trinajstić information content (AvgIpc) is 2.88. The van der Waals surface area contributed by atoms with Crippen molar-refractivity contribution in [1.82, 2.24) is 4.90 Å². The molecule has 0 saturated heterocycles. The zero-order chi connectivity index (χ0) is 16.3. The number of carbonyl (C=O) groups is 1. The van der Waals surface area contributed by atoms with Crippen molar-refractivity contribution in [2.75, 3.05) is 12.4 Å². The molecule has 0 bridgehead atoms. The molecule has 1 aromatic carbocycles.